The number of carbonyl (C=O) groups excluding carboxylic acids is 1. The molecular weight excluding hydrogens is 164 g/mol. The van der Waals surface area contributed by atoms with E-state index in [4.69, 9.17) is 6.42 Å². The van der Waals surface area contributed by atoms with Crippen molar-refractivity contribution in [3.05, 3.63) is 23.8 Å². The van der Waals surface area contributed by atoms with Crippen molar-refractivity contribution in [3.8, 4) is 12.3 Å². The molecule has 0 aromatic carbocycles. The zero-order valence-corrected chi connectivity index (χ0v) is 6.77. The van der Waals surface area contributed by atoms with Crippen LogP contribution in [0.25, 0.3) is 0 Å². The summed E-state index contributed by atoms with van der Waals surface area (Å²) in [6.07, 6.45) is 11.7. The molecule has 0 radical (unpaired) electrons. The number of carbonyl (C=O) groups is 1. The minimum atomic E-state index is -0.331. The van der Waals surface area contributed by atoms with Gasteiger partial charge in [-0.3, -0.25) is 4.79 Å². The number of fused-ring (bicyclic) bond motifs is 1. The first-order valence-corrected chi connectivity index (χ1v) is 3.82. The molecule has 0 N–H and O–H groups in total. The van der Waals surface area contributed by atoms with Gasteiger partial charge in [-0.15, -0.1) is 6.42 Å². The summed E-state index contributed by atoms with van der Waals surface area (Å²) < 4.78 is 0. The van der Waals surface area contributed by atoms with E-state index in [1.807, 2.05) is 0 Å². The Kier molecular flexibility index (Phi) is 1.67. The Morgan fingerprint density at radius 2 is 2.38 bits per heavy atom. The molecule has 1 heterocycles. The van der Waals surface area contributed by atoms with E-state index in [0.29, 0.717) is 5.71 Å². The van der Waals surface area contributed by atoms with Crippen molar-refractivity contribution in [3.63, 3.8) is 0 Å². The Hall–Kier alpha value is -1.95. The summed E-state index contributed by atoms with van der Waals surface area (Å²) in [6.45, 7) is 0. The van der Waals surface area contributed by atoms with Gasteiger partial charge in [0.1, 0.15) is 12.3 Å². The van der Waals surface area contributed by atoms with Crippen molar-refractivity contribution in [2.24, 2.45) is 15.9 Å². The van der Waals surface area contributed by atoms with E-state index in [0.717, 1.165) is 5.57 Å². The summed E-state index contributed by atoms with van der Waals surface area (Å²) in [5, 5.41) is 0. The molecule has 3 heteroatoms. The maximum absolute atomic E-state index is 11.2. The summed E-state index contributed by atoms with van der Waals surface area (Å²) in [6, 6.07) is 0. The zero-order chi connectivity index (χ0) is 9.26. The van der Waals surface area contributed by atoms with Gasteiger partial charge >= 0.3 is 0 Å². The lowest BCUT2D eigenvalue weighted by molar-refractivity contribution is -0.118. The zero-order valence-electron chi connectivity index (χ0n) is 6.77. The van der Waals surface area contributed by atoms with Crippen molar-refractivity contribution in [2.45, 2.75) is 0 Å². The lowest BCUT2D eigenvalue weighted by atomic mass is 9.93. The van der Waals surface area contributed by atoms with Crippen molar-refractivity contribution in [1.82, 2.24) is 0 Å². The van der Waals surface area contributed by atoms with Crippen LogP contribution in [0.2, 0.25) is 0 Å². The Labute approximate surface area is 75.6 Å². The summed E-state index contributed by atoms with van der Waals surface area (Å²) in [4.78, 5) is 18.8. The molecule has 0 spiro atoms. The normalized spacial score (nSPS) is 24.5. The Morgan fingerprint density at radius 3 is 3.15 bits per heavy atom. The highest BCUT2D eigenvalue weighted by molar-refractivity contribution is 6.18. The number of hydrogen-bond donors (Lipinski definition) is 0. The second-order valence-corrected chi connectivity index (χ2v) is 2.72. The Bertz CT molecular complexity index is 419. The molecule has 2 rings (SSSR count). The molecule has 0 aromatic heterocycles. The molecule has 0 fully saturated rings. The number of nitrogens with zero attached hydrogens (tertiary/aromatic N) is 2. The summed E-state index contributed by atoms with van der Waals surface area (Å²) in [5.74, 6) is 1.97. The molecule has 1 atom stereocenters. The summed E-state index contributed by atoms with van der Waals surface area (Å²) in [5.41, 5.74) is 1.41. The van der Waals surface area contributed by atoms with E-state index in [-0.39, 0.29) is 11.8 Å². The predicted molar refractivity (Wildman–Crippen MR) is 50.5 cm³/mol. The molecule has 1 aliphatic heterocycles. The van der Waals surface area contributed by atoms with Crippen molar-refractivity contribution >= 4 is 18.0 Å². The molecule has 0 saturated heterocycles. The van der Waals surface area contributed by atoms with Gasteiger partial charge in [-0.05, 0) is 12.2 Å². The number of terminal acetylenes is 1. The van der Waals surface area contributed by atoms with Crippen LogP contribution in [0.3, 0.4) is 0 Å². The van der Waals surface area contributed by atoms with Gasteiger partial charge in [0.05, 0.1) is 5.71 Å². The van der Waals surface area contributed by atoms with E-state index < -0.39 is 0 Å². The number of hydrogen-bond acceptors (Lipinski definition) is 2. The van der Waals surface area contributed by atoms with E-state index in [1.54, 1.807) is 18.2 Å². The number of amides is 1. The lowest BCUT2D eigenvalue weighted by Crippen LogP contribution is -2.24. The molecule has 0 aromatic rings. The second kappa shape index (κ2) is 2.83. The van der Waals surface area contributed by atoms with Gasteiger partial charge < -0.3 is 0 Å². The fraction of sp³-hybridized carbons (Fsp3) is 0.100. The highest BCUT2D eigenvalue weighted by Gasteiger charge is 2.24. The first-order chi connectivity index (χ1) is 6.31. The maximum Gasteiger partial charge on any atom is 0.260 e. The molecule has 2 aliphatic rings. The van der Waals surface area contributed by atoms with Crippen LogP contribution in [0.1, 0.15) is 0 Å². The van der Waals surface area contributed by atoms with E-state index in [2.05, 4.69) is 15.9 Å². The molecule has 1 aliphatic carbocycles. The van der Waals surface area contributed by atoms with Crippen molar-refractivity contribution < 1.29 is 4.79 Å². The van der Waals surface area contributed by atoms with Crippen LogP contribution in [0, 0.1) is 18.3 Å². The van der Waals surface area contributed by atoms with Gasteiger partial charge in [-0.25, -0.2) is 9.98 Å². The largest absolute Gasteiger partial charge is 0.271 e. The quantitative estimate of drug-likeness (QED) is 0.494. The van der Waals surface area contributed by atoms with E-state index in [9.17, 15) is 4.79 Å². The standard InChI is InChI=1S/C10H6N2O/c1-2-7-3-4-8-9(5-7)11-6-12-10(8)13/h1,3-6,8H. The topological polar surface area (TPSA) is 41.8 Å². The average Bonchev–Trinajstić information content (AvgIpc) is 2.18. The maximum atomic E-state index is 11.2. The summed E-state index contributed by atoms with van der Waals surface area (Å²) >= 11 is 0. The van der Waals surface area contributed by atoms with Crippen LogP contribution in [-0.4, -0.2) is 18.0 Å². The van der Waals surface area contributed by atoms with Crippen LogP contribution in [0.15, 0.2) is 33.8 Å². The van der Waals surface area contributed by atoms with E-state index >= 15 is 0 Å². The molecule has 0 saturated carbocycles. The first-order valence-electron chi connectivity index (χ1n) is 3.82. The van der Waals surface area contributed by atoms with Crippen LogP contribution >= 0.6 is 0 Å². The smallest absolute Gasteiger partial charge is 0.260 e. The van der Waals surface area contributed by atoms with Gasteiger partial charge in [-0.1, -0.05) is 12.0 Å². The number of rotatable bonds is 0. The molecule has 1 unspecified atom stereocenters. The van der Waals surface area contributed by atoms with Crippen LogP contribution in [-0.2, 0) is 4.79 Å². The molecule has 1 amide bonds. The average molecular weight is 170 g/mol. The Balaban J connectivity index is 2.43. The Morgan fingerprint density at radius 1 is 1.54 bits per heavy atom. The monoisotopic (exact) mass is 170 g/mol. The van der Waals surface area contributed by atoms with Gasteiger partial charge in [0.15, 0.2) is 0 Å². The van der Waals surface area contributed by atoms with Gasteiger partial charge in [0.25, 0.3) is 5.91 Å². The van der Waals surface area contributed by atoms with Crippen LogP contribution in [0.4, 0.5) is 0 Å². The molecule has 3 nitrogen and oxygen atoms in total. The van der Waals surface area contributed by atoms with Gasteiger partial charge in [0.2, 0.25) is 0 Å². The minimum Gasteiger partial charge on any atom is -0.271 e. The van der Waals surface area contributed by atoms with E-state index in [1.165, 1.54) is 6.34 Å². The first kappa shape index (κ1) is 7.69. The van der Waals surface area contributed by atoms with Crippen molar-refractivity contribution in [2.75, 3.05) is 0 Å². The van der Waals surface area contributed by atoms with Gasteiger partial charge in [0, 0.05) is 5.57 Å². The second-order valence-electron chi connectivity index (χ2n) is 2.72. The highest BCUT2D eigenvalue weighted by Crippen LogP contribution is 2.17. The minimum absolute atomic E-state index is 0.187. The molecule has 62 valence electrons. The molecule has 0 bridgehead atoms. The van der Waals surface area contributed by atoms with Crippen molar-refractivity contribution in [1.29, 1.82) is 0 Å². The number of aliphatic imine (C=N–C) groups is 2. The summed E-state index contributed by atoms with van der Waals surface area (Å²) in [7, 11) is 0. The highest BCUT2D eigenvalue weighted by atomic mass is 16.1. The lowest BCUT2D eigenvalue weighted by Gasteiger charge is -2.15. The fourth-order valence-electron chi connectivity index (χ4n) is 1.24. The number of allylic oxidation sites excluding steroid dienone is 3. The van der Waals surface area contributed by atoms with Crippen LogP contribution < -0.4 is 0 Å². The third-order valence-corrected chi connectivity index (χ3v) is 1.91. The molecular formula is C10H6N2O. The predicted octanol–water partition coefficient (Wildman–Crippen LogP) is 0.742. The SMILES string of the molecule is C#CC1=CC2=NC=NC(=O)C2C=C1. The fourth-order valence-corrected chi connectivity index (χ4v) is 1.24. The molecule has 13 heavy (non-hydrogen) atoms. The van der Waals surface area contributed by atoms with Gasteiger partial charge in [-0.2, -0.15) is 0 Å². The third kappa shape index (κ3) is 1.23. The third-order valence-electron chi connectivity index (χ3n) is 1.91. The van der Waals surface area contributed by atoms with Crippen LogP contribution in [0.5, 0.6) is 0 Å².